The summed E-state index contributed by atoms with van der Waals surface area (Å²) < 4.78 is 1.37. The lowest BCUT2D eigenvalue weighted by molar-refractivity contribution is -0.113. The first kappa shape index (κ1) is 14.4. The van der Waals surface area contributed by atoms with Crippen LogP contribution >= 0.6 is 11.8 Å². The minimum absolute atomic E-state index is 0.110. The van der Waals surface area contributed by atoms with Crippen LogP contribution in [0.5, 0.6) is 0 Å². The lowest BCUT2D eigenvalue weighted by Gasteiger charge is -2.06. The Morgan fingerprint density at radius 2 is 2.00 bits per heavy atom. The second-order valence-corrected chi connectivity index (χ2v) is 5.74. The van der Waals surface area contributed by atoms with Crippen LogP contribution in [-0.2, 0) is 4.79 Å². The molecule has 0 unspecified atom stereocenters. The fourth-order valence-electron chi connectivity index (χ4n) is 2.04. The van der Waals surface area contributed by atoms with Gasteiger partial charge in [-0.3, -0.25) is 4.79 Å². The number of hydrogen-bond donors (Lipinski definition) is 2. The highest BCUT2D eigenvalue weighted by Gasteiger charge is 2.10. The van der Waals surface area contributed by atoms with Crippen LogP contribution in [0.1, 0.15) is 5.82 Å². The van der Waals surface area contributed by atoms with Crippen molar-refractivity contribution < 1.29 is 4.79 Å². The highest BCUT2D eigenvalue weighted by Crippen LogP contribution is 2.20. The van der Waals surface area contributed by atoms with Gasteiger partial charge in [-0.1, -0.05) is 42.1 Å². The molecule has 2 aromatic carbocycles. The van der Waals surface area contributed by atoms with Crippen molar-refractivity contribution in [2.45, 2.75) is 12.1 Å². The number of anilines is 1. The van der Waals surface area contributed by atoms with Gasteiger partial charge in [0.25, 0.3) is 0 Å². The monoisotopic (exact) mass is 313 g/mol. The van der Waals surface area contributed by atoms with Crippen molar-refractivity contribution in [2.75, 3.05) is 16.9 Å². The number of carbonyl (C=O) groups is 1. The molecule has 0 atom stereocenters. The quantitative estimate of drug-likeness (QED) is 0.569. The Kier molecular flexibility index (Phi) is 3.97. The zero-order valence-corrected chi connectivity index (χ0v) is 12.8. The molecule has 0 aliphatic heterocycles. The molecule has 0 bridgehead atoms. The molecular formula is C15H15N5OS. The number of amides is 1. The summed E-state index contributed by atoms with van der Waals surface area (Å²) in [5.41, 5.74) is 0.773. The SMILES string of the molecule is Cc1nnc(SCC(=O)Nc2ccc3ccccc3c2)n1N. The van der Waals surface area contributed by atoms with Crippen LogP contribution in [0, 0.1) is 6.92 Å². The number of carbonyl (C=O) groups excluding carboxylic acids is 1. The zero-order valence-electron chi connectivity index (χ0n) is 12.0. The first-order valence-corrected chi connectivity index (χ1v) is 7.70. The van der Waals surface area contributed by atoms with Crippen LogP contribution in [0.15, 0.2) is 47.6 Å². The Morgan fingerprint density at radius 1 is 1.23 bits per heavy atom. The Bertz CT molecular complexity index is 830. The summed E-state index contributed by atoms with van der Waals surface area (Å²) in [5, 5.41) is 13.4. The maximum atomic E-state index is 12.0. The zero-order chi connectivity index (χ0) is 15.5. The van der Waals surface area contributed by atoms with E-state index >= 15 is 0 Å². The molecule has 3 aromatic rings. The second-order valence-electron chi connectivity index (χ2n) is 4.80. The number of benzene rings is 2. The van der Waals surface area contributed by atoms with E-state index in [2.05, 4.69) is 15.5 Å². The summed E-state index contributed by atoms with van der Waals surface area (Å²) in [7, 11) is 0. The Labute approximate surface area is 131 Å². The van der Waals surface area contributed by atoms with Gasteiger partial charge in [0.2, 0.25) is 11.1 Å². The lowest BCUT2D eigenvalue weighted by Crippen LogP contribution is -2.16. The molecule has 0 saturated heterocycles. The van der Waals surface area contributed by atoms with E-state index in [4.69, 9.17) is 5.84 Å². The first-order valence-electron chi connectivity index (χ1n) is 6.72. The van der Waals surface area contributed by atoms with Crippen LogP contribution in [0.4, 0.5) is 5.69 Å². The van der Waals surface area contributed by atoms with Gasteiger partial charge < -0.3 is 11.2 Å². The lowest BCUT2D eigenvalue weighted by atomic mass is 10.1. The molecular weight excluding hydrogens is 298 g/mol. The highest BCUT2D eigenvalue weighted by atomic mass is 32.2. The van der Waals surface area contributed by atoms with E-state index in [9.17, 15) is 4.79 Å². The predicted molar refractivity (Wildman–Crippen MR) is 88.2 cm³/mol. The largest absolute Gasteiger partial charge is 0.336 e. The number of nitrogens with one attached hydrogen (secondary N) is 1. The molecule has 3 N–H and O–H groups in total. The predicted octanol–water partition coefficient (Wildman–Crippen LogP) is 2.18. The van der Waals surface area contributed by atoms with Gasteiger partial charge in [0.15, 0.2) is 0 Å². The molecule has 0 aliphatic carbocycles. The van der Waals surface area contributed by atoms with Crippen LogP contribution in [0.3, 0.4) is 0 Å². The van der Waals surface area contributed by atoms with Gasteiger partial charge in [0.1, 0.15) is 5.82 Å². The van der Waals surface area contributed by atoms with Crippen LogP contribution in [0.2, 0.25) is 0 Å². The molecule has 1 amide bonds. The van der Waals surface area contributed by atoms with Gasteiger partial charge in [-0.05, 0) is 29.8 Å². The molecule has 0 fully saturated rings. The van der Waals surface area contributed by atoms with E-state index < -0.39 is 0 Å². The third-order valence-electron chi connectivity index (χ3n) is 3.20. The summed E-state index contributed by atoms with van der Waals surface area (Å²) >= 11 is 1.25. The molecule has 0 spiro atoms. The van der Waals surface area contributed by atoms with E-state index in [0.717, 1.165) is 16.5 Å². The van der Waals surface area contributed by atoms with Crippen LogP contribution in [-0.4, -0.2) is 26.5 Å². The number of rotatable bonds is 4. The average Bonchev–Trinajstić information content (AvgIpc) is 2.84. The minimum Gasteiger partial charge on any atom is -0.336 e. The van der Waals surface area contributed by atoms with Gasteiger partial charge in [-0.15, -0.1) is 10.2 Å². The molecule has 6 nitrogen and oxygen atoms in total. The third-order valence-corrected chi connectivity index (χ3v) is 4.14. The van der Waals surface area contributed by atoms with Gasteiger partial charge in [0, 0.05) is 5.69 Å². The van der Waals surface area contributed by atoms with Gasteiger partial charge >= 0.3 is 0 Å². The highest BCUT2D eigenvalue weighted by molar-refractivity contribution is 7.99. The summed E-state index contributed by atoms with van der Waals surface area (Å²) in [6, 6.07) is 13.8. The third kappa shape index (κ3) is 3.04. The number of aryl methyl sites for hydroxylation is 1. The number of fused-ring (bicyclic) bond motifs is 1. The normalized spacial score (nSPS) is 10.8. The number of hydrogen-bond acceptors (Lipinski definition) is 5. The van der Waals surface area contributed by atoms with E-state index in [1.807, 2.05) is 42.5 Å². The van der Waals surface area contributed by atoms with E-state index in [-0.39, 0.29) is 11.7 Å². The van der Waals surface area contributed by atoms with Crippen molar-refractivity contribution in [2.24, 2.45) is 0 Å². The standard InChI is InChI=1S/C15H15N5OS/c1-10-18-19-15(20(10)16)22-9-14(21)17-13-7-6-11-4-2-3-5-12(11)8-13/h2-8H,9,16H2,1H3,(H,17,21). The maximum Gasteiger partial charge on any atom is 0.234 e. The Morgan fingerprint density at radius 3 is 2.73 bits per heavy atom. The van der Waals surface area contributed by atoms with Crippen LogP contribution in [0.25, 0.3) is 10.8 Å². The first-order chi connectivity index (χ1) is 10.6. The van der Waals surface area contributed by atoms with Crippen molar-refractivity contribution in [3.05, 3.63) is 48.3 Å². The fourth-order valence-corrected chi connectivity index (χ4v) is 2.74. The topological polar surface area (TPSA) is 85.8 Å². The molecule has 7 heteroatoms. The maximum absolute atomic E-state index is 12.0. The fraction of sp³-hybridized carbons (Fsp3) is 0.133. The molecule has 0 saturated carbocycles. The van der Waals surface area contributed by atoms with E-state index in [0.29, 0.717) is 11.0 Å². The molecule has 1 aromatic heterocycles. The van der Waals surface area contributed by atoms with Crippen molar-refractivity contribution in [1.82, 2.24) is 14.9 Å². The second kappa shape index (κ2) is 6.07. The molecule has 1 heterocycles. The molecule has 3 rings (SSSR count). The van der Waals surface area contributed by atoms with Gasteiger partial charge in [-0.2, -0.15) is 0 Å². The van der Waals surface area contributed by atoms with Crippen molar-refractivity contribution in [1.29, 1.82) is 0 Å². The summed E-state index contributed by atoms with van der Waals surface area (Å²) in [6.45, 7) is 1.76. The van der Waals surface area contributed by atoms with E-state index in [1.54, 1.807) is 6.92 Å². The minimum atomic E-state index is -0.110. The van der Waals surface area contributed by atoms with Crippen LogP contribution < -0.4 is 11.2 Å². The van der Waals surface area contributed by atoms with E-state index in [1.165, 1.54) is 16.4 Å². The molecule has 22 heavy (non-hydrogen) atoms. The number of nitrogens with two attached hydrogens (primary N) is 1. The summed E-state index contributed by atoms with van der Waals surface area (Å²) in [6.07, 6.45) is 0. The van der Waals surface area contributed by atoms with Crippen molar-refractivity contribution in [3.8, 4) is 0 Å². The Balaban J connectivity index is 1.64. The molecule has 112 valence electrons. The number of nitrogens with zero attached hydrogens (tertiary/aromatic N) is 3. The van der Waals surface area contributed by atoms with Crippen molar-refractivity contribution in [3.63, 3.8) is 0 Å². The average molecular weight is 313 g/mol. The Hall–Kier alpha value is -2.54. The number of nitrogen functional groups attached to an aromatic ring is 1. The van der Waals surface area contributed by atoms with Crippen molar-refractivity contribution >= 4 is 34.1 Å². The summed E-state index contributed by atoms with van der Waals surface area (Å²) in [5.74, 6) is 6.47. The number of aromatic nitrogens is 3. The molecule has 0 aliphatic rings. The van der Waals surface area contributed by atoms with Gasteiger partial charge in [-0.25, -0.2) is 4.68 Å². The molecule has 0 radical (unpaired) electrons. The van der Waals surface area contributed by atoms with Gasteiger partial charge in [0.05, 0.1) is 5.75 Å². The smallest absolute Gasteiger partial charge is 0.234 e. The number of thioether (sulfide) groups is 1. The summed E-state index contributed by atoms with van der Waals surface area (Å²) in [4.78, 5) is 12.0.